The first-order chi connectivity index (χ1) is 9.86. The minimum atomic E-state index is 0.225. The molecule has 1 atom stereocenters. The largest absolute Gasteiger partial charge is 0.486 e. The predicted octanol–water partition coefficient (Wildman–Crippen LogP) is 2.08. The molecule has 0 saturated carbocycles. The van der Waals surface area contributed by atoms with Gasteiger partial charge in [-0.15, -0.1) is 0 Å². The fourth-order valence-electron chi connectivity index (χ4n) is 2.26. The average molecular weight is 275 g/mol. The lowest BCUT2D eigenvalue weighted by Gasteiger charge is -2.22. The van der Waals surface area contributed by atoms with E-state index in [2.05, 4.69) is 33.2 Å². The van der Waals surface area contributed by atoms with Crippen LogP contribution in [0, 0.1) is 0 Å². The number of aromatic nitrogens is 2. The minimum absolute atomic E-state index is 0.225. The summed E-state index contributed by atoms with van der Waals surface area (Å²) >= 11 is 0. The van der Waals surface area contributed by atoms with Crippen LogP contribution in [0.3, 0.4) is 0 Å². The first-order valence-electron chi connectivity index (χ1n) is 6.76. The summed E-state index contributed by atoms with van der Waals surface area (Å²) in [7, 11) is 0. The van der Waals surface area contributed by atoms with Gasteiger partial charge in [0.2, 0.25) is 0 Å². The van der Waals surface area contributed by atoms with Crippen molar-refractivity contribution in [2.45, 2.75) is 25.9 Å². The zero-order valence-electron chi connectivity index (χ0n) is 11.3. The van der Waals surface area contributed by atoms with Crippen molar-refractivity contribution >= 4 is 0 Å². The van der Waals surface area contributed by atoms with Gasteiger partial charge >= 0.3 is 0 Å². The van der Waals surface area contributed by atoms with Gasteiger partial charge in [0.15, 0.2) is 11.5 Å². The van der Waals surface area contributed by atoms with Crippen molar-refractivity contribution in [1.82, 2.24) is 15.6 Å². The highest BCUT2D eigenvalue weighted by Gasteiger charge is 2.16. The molecule has 0 amide bonds. The second kappa shape index (κ2) is 5.92. The van der Waals surface area contributed by atoms with E-state index in [9.17, 15) is 0 Å². The van der Waals surface area contributed by atoms with Crippen molar-refractivity contribution < 1.29 is 14.1 Å². The second-order valence-corrected chi connectivity index (χ2v) is 4.64. The number of fused-ring (bicyclic) bond motifs is 1. The quantitative estimate of drug-likeness (QED) is 0.901. The first kappa shape index (κ1) is 12.9. The molecule has 0 bridgehead atoms. The molecule has 0 radical (unpaired) electrons. The summed E-state index contributed by atoms with van der Waals surface area (Å²) in [4.78, 5) is 0. The van der Waals surface area contributed by atoms with Crippen molar-refractivity contribution in [3.63, 3.8) is 0 Å². The van der Waals surface area contributed by atoms with Crippen LogP contribution in [0.15, 0.2) is 29.0 Å². The van der Waals surface area contributed by atoms with Crippen LogP contribution in [0.2, 0.25) is 0 Å². The Morgan fingerprint density at radius 2 is 2.10 bits per heavy atom. The number of ether oxygens (including phenoxy) is 2. The van der Waals surface area contributed by atoms with Crippen LogP contribution >= 0.6 is 0 Å². The molecule has 106 valence electrons. The van der Waals surface area contributed by atoms with E-state index in [1.165, 1.54) is 5.56 Å². The predicted molar refractivity (Wildman–Crippen MR) is 71.6 cm³/mol. The summed E-state index contributed by atoms with van der Waals surface area (Å²) < 4.78 is 15.7. The van der Waals surface area contributed by atoms with Gasteiger partial charge in [0.05, 0.1) is 6.20 Å². The van der Waals surface area contributed by atoms with Crippen LogP contribution in [0.5, 0.6) is 11.5 Å². The summed E-state index contributed by atoms with van der Waals surface area (Å²) in [6.45, 7) is 3.97. The Labute approximate surface area is 117 Å². The van der Waals surface area contributed by atoms with Gasteiger partial charge in [0.25, 0.3) is 0 Å². The van der Waals surface area contributed by atoms with Crippen LogP contribution in [-0.2, 0) is 6.54 Å². The molecule has 0 fully saturated rings. The van der Waals surface area contributed by atoms with E-state index in [0.29, 0.717) is 19.8 Å². The SMILES string of the molecule is CCC(NCc1cnon1)c1ccc2c(c1)OCCO2. The molecule has 3 rings (SSSR count). The molecule has 0 spiro atoms. The Bertz CT molecular complexity index is 557. The maximum atomic E-state index is 5.62. The molecule has 20 heavy (non-hydrogen) atoms. The van der Waals surface area contributed by atoms with E-state index in [1.807, 2.05) is 12.1 Å². The lowest BCUT2D eigenvalue weighted by molar-refractivity contribution is 0.171. The third-order valence-corrected chi connectivity index (χ3v) is 3.31. The summed E-state index contributed by atoms with van der Waals surface area (Å²) in [5.41, 5.74) is 1.97. The van der Waals surface area contributed by atoms with Gasteiger partial charge in [-0.1, -0.05) is 23.3 Å². The lowest BCUT2D eigenvalue weighted by Crippen LogP contribution is -2.21. The van der Waals surface area contributed by atoms with Gasteiger partial charge in [-0.3, -0.25) is 0 Å². The highest BCUT2D eigenvalue weighted by atomic mass is 16.6. The van der Waals surface area contributed by atoms with E-state index in [-0.39, 0.29) is 6.04 Å². The van der Waals surface area contributed by atoms with E-state index >= 15 is 0 Å². The molecule has 0 aliphatic carbocycles. The molecule has 1 unspecified atom stereocenters. The molecule has 2 aromatic rings. The molecular formula is C14H17N3O3. The van der Waals surface area contributed by atoms with Gasteiger partial charge in [0.1, 0.15) is 18.9 Å². The molecule has 6 heteroatoms. The summed E-state index contributed by atoms with van der Waals surface area (Å²) in [6, 6.07) is 6.29. The Hall–Kier alpha value is -2.08. The number of rotatable bonds is 5. The number of hydrogen-bond acceptors (Lipinski definition) is 6. The standard InChI is InChI=1S/C14H17N3O3/c1-2-12(15-8-11-9-16-20-17-11)10-3-4-13-14(7-10)19-6-5-18-13/h3-4,7,9,12,15H,2,5-6,8H2,1H3. The van der Waals surface area contributed by atoms with Crippen molar-refractivity contribution in [2.24, 2.45) is 0 Å². The van der Waals surface area contributed by atoms with Crippen molar-refractivity contribution in [3.8, 4) is 11.5 Å². The van der Waals surface area contributed by atoms with E-state index in [4.69, 9.17) is 9.47 Å². The number of nitrogens with one attached hydrogen (secondary N) is 1. The maximum Gasteiger partial charge on any atom is 0.161 e. The van der Waals surface area contributed by atoms with Crippen LogP contribution in [0.25, 0.3) is 0 Å². The summed E-state index contributed by atoms with van der Waals surface area (Å²) in [5.74, 6) is 1.63. The zero-order valence-corrected chi connectivity index (χ0v) is 11.3. The molecule has 1 N–H and O–H groups in total. The molecule has 1 aliphatic heterocycles. The van der Waals surface area contributed by atoms with Crippen molar-refractivity contribution in [3.05, 3.63) is 35.7 Å². The normalized spacial score (nSPS) is 15.1. The molecular weight excluding hydrogens is 258 g/mol. The van der Waals surface area contributed by atoms with Crippen LogP contribution in [-0.4, -0.2) is 23.5 Å². The molecule has 1 aromatic carbocycles. The lowest BCUT2D eigenvalue weighted by atomic mass is 10.0. The van der Waals surface area contributed by atoms with E-state index < -0.39 is 0 Å². The average Bonchev–Trinajstić information content (AvgIpc) is 3.01. The van der Waals surface area contributed by atoms with Crippen LogP contribution in [0.4, 0.5) is 0 Å². The molecule has 1 aromatic heterocycles. The van der Waals surface area contributed by atoms with Crippen LogP contribution in [0.1, 0.15) is 30.6 Å². The topological polar surface area (TPSA) is 69.4 Å². The summed E-state index contributed by atoms with van der Waals surface area (Å²) in [5, 5.41) is 10.8. The Balaban J connectivity index is 1.71. The smallest absolute Gasteiger partial charge is 0.161 e. The summed E-state index contributed by atoms with van der Waals surface area (Å²) in [6.07, 6.45) is 2.58. The Morgan fingerprint density at radius 3 is 2.85 bits per heavy atom. The van der Waals surface area contributed by atoms with E-state index in [0.717, 1.165) is 23.6 Å². The second-order valence-electron chi connectivity index (χ2n) is 4.64. The third-order valence-electron chi connectivity index (χ3n) is 3.31. The van der Waals surface area contributed by atoms with Crippen molar-refractivity contribution in [2.75, 3.05) is 13.2 Å². The third kappa shape index (κ3) is 2.75. The Morgan fingerprint density at radius 1 is 1.25 bits per heavy atom. The molecule has 1 aliphatic rings. The maximum absolute atomic E-state index is 5.62. The number of hydrogen-bond donors (Lipinski definition) is 1. The fourth-order valence-corrected chi connectivity index (χ4v) is 2.26. The van der Waals surface area contributed by atoms with Gasteiger partial charge in [0, 0.05) is 12.6 Å². The highest BCUT2D eigenvalue weighted by Crippen LogP contribution is 2.33. The Kier molecular flexibility index (Phi) is 3.83. The van der Waals surface area contributed by atoms with Gasteiger partial charge in [-0.25, -0.2) is 4.63 Å². The van der Waals surface area contributed by atoms with E-state index in [1.54, 1.807) is 6.20 Å². The zero-order chi connectivity index (χ0) is 13.8. The monoisotopic (exact) mass is 275 g/mol. The number of nitrogens with zero attached hydrogens (tertiary/aromatic N) is 2. The fraction of sp³-hybridized carbons (Fsp3) is 0.429. The minimum Gasteiger partial charge on any atom is -0.486 e. The van der Waals surface area contributed by atoms with Crippen molar-refractivity contribution in [1.29, 1.82) is 0 Å². The van der Waals surface area contributed by atoms with Gasteiger partial charge in [-0.05, 0) is 24.1 Å². The van der Waals surface area contributed by atoms with Gasteiger partial charge in [-0.2, -0.15) is 0 Å². The number of benzene rings is 1. The molecule has 0 saturated heterocycles. The van der Waals surface area contributed by atoms with Crippen LogP contribution < -0.4 is 14.8 Å². The highest BCUT2D eigenvalue weighted by molar-refractivity contribution is 5.44. The molecule has 2 heterocycles. The first-order valence-corrected chi connectivity index (χ1v) is 6.76. The van der Waals surface area contributed by atoms with Gasteiger partial charge < -0.3 is 14.8 Å². The molecule has 6 nitrogen and oxygen atoms in total.